The molecule has 0 bridgehead atoms. The lowest BCUT2D eigenvalue weighted by Crippen LogP contribution is -2.17. The van der Waals surface area contributed by atoms with Crippen LogP contribution in [0.15, 0.2) is 72.2 Å². The maximum absolute atomic E-state index is 12.8. The number of pyridine rings is 1. The lowest BCUT2D eigenvalue weighted by atomic mass is 10.1. The molecule has 4 aromatic rings. The number of para-hydroxylation sites is 1. The van der Waals surface area contributed by atoms with Crippen molar-refractivity contribution in [1.82, 2.24) is 4.98 Å². The molecule has 0 saturated carbocycles. The Bertz CT molecular complexity index is 1200. The van der Waals surface area contributed by atoms with Gasteiger partial charge in [-0.15, -0.1) is 24.5 Å². The molecule has 0 spiro atoms. The van der Waals surface area contributed by atoms with Crippen molar-refractivity contribution in [3.8, 4) is 5.75 Å². The Kier molecular flexibility index (Phi) is 5.90. The van der Waals surface area contributed by atoms with E-state index in [0.29, 0.717) is 17.0 Å². The van der Waals surface area contributed by atoms with Crippen molar-refractivity contribution >= 4 is 33.7 Å². The Hall–Kier alpha value is -3.39. The number of carbonyl (C=O) groups is 1. The Morgan fingerprint density at radius 3 is 2.58 bits per heavy atom. The summed E-state index contributed by atoms with van der Waals surface area (Å²) in [6.07, 6.45) is -2.90. The number of ether oxygens (including phenoxy) is 1. The van der Waals surface area contributed by atoms with E-state index < -0.39 is 6.36 Å². The quantitative estimate of drug-likeness (QED) is 0.345. The summed E-state index contributed by atoms with van der Waals surface area (Å²) >= 11 is 1.33. The first kappa shape index (κ1) is 20.9. The van der Waals surface area contributed by atoms with Crippen LogP contribution in [0.1, 0.15) is 20.8 Å². The number of thiophene rings is 1. The summed E-state index contributed by atoms with van der Waals surface area (Å²) in [5.74, 6) is -0.423. The molecule has 0 aliphatic heterocycles. The first-order valence-corrected chi connectivity index (χ1v) is 10.3. The maximum Gasteiger partial charge on any atom is 0.573 e. The van der Waals surface area contributed by atoms with Gasteiger partial charge in [-0.3, -0.25) is 9.78 Å². The fraction of sp³-hybridized carbons (Fsp3) is 0.130. The van der Waals surface area contributed by atoms with Crippen molar-refractivity contribution in [3.63, 3.8) is 0 Å². The third-order valence-corrected chi connectivity index (χ3v) is 5.60. The normalized spacial score (nSPS) is 11.5. The summed E-state index contributed by atoms with van der Waals surface area (Å²) in [6, 6.07) is 17.0. The summed E-state index contributed by atoms with van der Waals surface area (Å²) in [7, 11) is 0. The highest BCUT2D eigenvalue weighted by Crippen LogP contribution is 2.27. The SMILES string of the molecule is O=C(Cc1ccc(OC(F)(F)F)cc1)c1sccc1NCc1ccnc2ccccc12. The second kappa shape index (κ2) is 8.77. The predicted molar refractivity (Wildman–Crippen MR) is 115 cm³/mol. The van der Waals surface area contributed by atoms with Gasteiger partial charge in [0.1, 0.15) is 5.75 Å². The van der Waals surface area contributed by atoms with E-state index in [9.17, 15) is 18.0 Å². The zero-order valence-electron chi connectivity index (χ0n) is 16.1. The highest BCUT2D eigenvalue weighted by molar-refractivity contribution is 7.12. The molecule has 4 rings (SSSR count). The largest absolute Gasteiger partial charge is 0.573 e. The number of benzene rings is 2. The molecule has 0 aliphatic rings. The first-order chi connectivity index (χ1) is 14.9. The molecule has 0 unspecified atom stereocenters. The molecule has 4 nitrogen and oxygen atoms in total. The highest BCUT2D eigenvalue weighted by atomic mass is 32.1. The second-order valence-electron chi connectivity index (χ2n) is 6.80. The number of hydrogen-bond donors (Lipinski definition) is 1. The Balaban J connectivity index is 1.43. The van der Waals surface area contributed by atoms with Crippen LogP contribution in [0.3, 0.4) is 0 Å². The molecule has 0 saturated heterocycles. The third-order valence-electron chi connectivity index (χ3n) is 4.65. The standard InChI is InChI=1S/C23H17F3N2O2S/c24-23(25,26)30-17-7-5-15(6-8-17)13-21(29)22-20(10-12-31-22)28-14-16-9-11-27-19-4-2-1-3-18(16)19/h1-12,28H,13-14H2. The van der Waals surface area contributed by atoms with E-state index in [2.05, 4.69) is 15.0 Å². The lowest BCUT2D eigenvalue weighted by Gasteiger charge is -2.10. The van der Waals surface area contributed by atoms with Gasteiger partial charge in [0, 0.05) is 24.5 Å². The van der Waals surface area contributed by atoms with Crippen LogP contribution in [-0.2, 0) is 13.0 Å². The number of fused-ring (bicyclic) bond motifs is 1. The van der Waals surface area contributed by atoms with Crippen LogP contribution in [0.25, 0.3) is 10.9 Å². The van der Waals surface area contributed by atoms with Crippen molar-refractivity contribution < 1.29 is 22.7 Å². The number of Topliss-reactive ketones (excluding diaryl/α,β-unsaturated/α-hetero) is 1. The Morgan fingerprint density at radius 2 is 1.81 bits per heavy atom. The minimum atomic E-state index is -4.74. The highest BCUT2D eigenvalue weighted by Gasteiger charge is 2.31. The minimum absolute atomic E-state index is 0.0830. The Labute approximate surface area is 180 Å². The maximum atomic E-state index is 12.8. The zero-order chi connectivity index (χ0) is 21.8. The number of halogens is 3. The smallest absolute Gasteiger partial charge is 0.406 e. The molecule has 158 valence electrons. The van der Waals surface area contributed by atoms with Crippen molar-refractivity contribution in [3.05, 3.63) is 88.2 Å². The number of nitrogens with one attached hydrogen (secondary N) is 1. The molecule has 8 heteroatoms. The number of anilines is 1. The van der Waals surface area contributed by atoms with Gasteiger partial charge in [-0.05, 0) is 46.8 Å². The van der Waals surface area contributed by atoms with Crippen LogP contribution in [0.5, 0.6) is 5.75 Å². The monoisotopic (exact) mass is 442 g/mol. The van der Waals surface area contributed by atoms with Gasteiger partial charge in [-0.2, -0.15) is 0 Å². The van der Waals surface area contributed by atoms with E-state index in [0.717, 1.165) is 22.2 Å². The molecule has 2 aromatic heterocycles. The molecule has 0 aliphatic carbocycles. The first-order valence-electron chi connectivity index (χ1n) is 9.41. The number of carbonyl (C=O) groups excluding carboxylic acids is 1. The fourth-order valence-corrected chi connectivity index (χ4v) is 4.05. The van der Waals surface area contributed by atoms with Crippen LogP contribution in [0, 0.1) is 0 Å². The van der Waals surface area contributed by atoms with E-state index in [4.69, 9.17) is 0 Å². The zero-order valence-corrected chi connectivity index (χ0v) is 17.0. The van der Waals surface area contributed by atoms with Gasteiger partial charge in [-0.25, -0.2) is 0 Å². The summed E-state index contributed by atoms with van der Waals surface area (Å²) in [5.41, 5.74) is 3.31. The molecular weight excluding hydrogens is 425 g/mol. The van der Waals surface area contributed by atoms with Crippen molar-refractivity contribution in [2.75, 3.05) is 5.32 Å². The van der Waals surface area contributed by atoms with Crippen LogP contribution in [0.2, 0.25) is 0 Å². The van der Waals surface area contributed by atoms with Crippen molar-refractivity contribution in [2.45, 2.75) is 19.3 Å². The lowest BCUT2D eigenvalue weighted by molar-refractivity contribution is -0.274. The van der Waals surface area contributed by atoms with Gasteiger partial charge >= 0.3 is 6.36 Å². The molecular formula is C23H17F3N2O2S. The molecule has 0 fully saturated rings. The van der Waals surface area contributed by atoms with E-state index in [-0.39, 0.29) is 18.0 Å². The number of rotatable bonds is 7. The van der Waals surface area contributed by atoms with Gasteiger partial charge in [0.05, 0.1) is 16.1 Å². The average molecular weight is 442 g/mol. The minimum Gasteiger partial charge on any atom is -0.406 e. The number of nitrogens with zero attached hydrogens (tertiary/aromatic N) is 1. The summed E-state index contributed by atoms with van der Waals surface area (Å²) in [4.78, 5) is 17.7. The van der Waals surface area contributed by atoms with Crippen molar-refractivity contribution in [1.29, 1.82) is 0 Å². The average Bonchev–Trinajstić information content (AvgIpc) is 3.21. The molecule has 0 atom stereocenters. The summed E-state index contributed by atoms with van der Waals surface area (Å²) in [6.45, 7) is 0.531. The van der Waals surface area contributed by atoms with Crippen molar-refractivity contribution in [2.24, 2.45) is 0 Å². The van der Waals surface area contributed by atoms with Crippen LogP contribution < -0.4 is 10.1 Å². The number of hydrogen-bond acceptors (Lipinski definition) is 5. The molecule has 2 heterocycles. The van der Waals surface area contributed by atoms with Crippen LogP contribution in [0.4, 0.5) is 18.9 Å². The van der Waals surface area contributed by atoms with Gasteiger partial charge in [0.15, 0.2) is 5.78 Å². The summed E-state index contributed by atoms with van der Waals surface area (Å²) in [5, 5.41) is 6.20. The van der Waals surface area contributed by atoms with E-state index in [1.54, 1.807) is 6.20 Å². The molecule has 31 heavy (non-hydrogen) atoms. The third kappa shape index (κ3) is 5.21. The molecule has 1 N–H and O–H groups in total. The number of aromatic nitrogens is 1. The topological polar surface area (TPSA) is 51.2 Å². The van der Waals surface area contributed by atoms with Gasteiger partial charge < -0.3 is 10.1 Å². The van der Waals surface area contributed by atoms with E-state index in [1.165, 1.54) is 35.6 Å². The number of ketones is 1. The summed E-state index contributed by atoms with van der Waals surface area (Å²) < 4.78 is 40.7. The molecule has 2 aromatic carbocycles. The van der Waals surface area contributed by atoms with Gasteiger partial charge in [0.25, 0.3) is 0 Å². The second-order valence-corrected chi connectivity index (χ2v) is 7.71. The van der Waals surface area contributed by atoms with Crippen LogP contribution >= 0.6 is 11.3 Å². The van der Waals surface area contributed by atoms with Gasteiger partial charge in [-0.1, -0.05) is 30.3 Å². The molecule has 0 radical (unpaired) electrons. The Morgan fingerprint density at radius 1 is 1.03 bits per heavy atom. The number of alkyl halides is 3. The van der Waals surface area contributed by atoms with E-state index in [1.807, 2.05) is 41.8 Å². The van der Waals surface area contributed by atoms with Gasteiger partial charge in [0.2, 0.25) is 0 Å². The molecule has 0 amide bonds. The van der Waals surface area contributed by atoms with E-state index >= 15 is 0 Å². The predicted octanol–water partition coefficient (Wildman–Crippen LogP) is 6.23. The van der Waals surface area contributed by atoms with Crippen LogP contribution in [-0.4, -0.2) is 17.1 Å². The fourth-order valence-electron chi connectivity index (χ4n) is 3.24.